The van der Waals surface area contributed by atoms with E-state index in [9.17, 15) is 9.59 Å². The van der Waals surface area contributed by atoms with E-state index in [1.165, 1.54) is 19.4 Å². The van der Waals surface area contributed by atoms with Crippen molar-refractivity contribution >= 4 is 28.9 Å². The number of carbonyl (C=O) groups excluding carboxylic acids is 2. The van der Waals surface area contributed by atoms with Gasteiger partial charge in [-0.3, -0.25) is 9.59 Å². The Kier molecular flexibility index (Phi) is 5.41. The number of benzene rings is 2. The third-order valence-electron chi connectivity index (χ3n) is 3.81. The molecule has 0 aliphatic carbocycles. The number of aromatic nitrogens is 1. The first-order valence-electron chi connectivity index (χ1n) is 8.26. The second-order valence-electron chi connectivity index (χ2n) is 5.88. The van der Waals surface area contributed by atoms with Gasteiger partial charge in [-0.15, -0.1) is 0 Å². The summed E-state index contributed by atoms with van der Waals surface area (Å²) in [7, 11) is 0. The summed E-state index contributed by atoms with van der Waals surface area (Å²) in [4.78, 5) is 29.2. The summed E-state index contributed by atoms with van der Waals surface area (Å²) in [6.45, 7) is 1.43. The molecule has 1 heterocycles. The highest BCUT2D eigenvalue weighted by Gasteiger charge is 2.29. The molecule has 0 aliphatic rings. The molecule has 1 atom stereocenters. The van der Waals surface area contributed by atoms with Crippen molar-refractivity contribution in [1.29, 1.82) is 5.41 Å². The Labute approximate surface area is 155 Å². The van der Waals surface area contributed by atoms with Gasteiger partial charge < -0.3 is 20.5 Å². The maximum absolute atomic E-state index is 12.6. The van der Waals surface area contributed by atoms with E-state index in [1.54, 1.807) is 48.5 Å². The monoisotopic (exact) mass is 362 g/mol. The molecule has 2 aromatic carbocycles. The Morgan fingerprint density at radius 2 is 1.67 bits per heavy atom. The molecule has 1 unspecified atom stereocenters. The molecule has 7 nitrogen and oxygen atoms in total. The zero-order valence-corrected chi connectivity index (χ0v) is 14.6. The fraction of sp³-hybridized carbons (Fsp3) is 0.100. The van der Waals surface area contributed by atoms with Gasteiger partial charge in [-0.25, -0.2) is 4.98 Å². The molecule has 2 amide bonds. The molecule has 0 saturated heterocycles. The number of hydrogen-bond donors (Lipinski definition) is 3. The van der Waals surface area contributed by atoms with E-state index in [0.29, 0.717) is 22.8 Å². The summed E-state index contributed by atoms with van der Waals surface area (Å²) in [6, 6.07) is 15.7. The number of amides is 2. The van der Waals surface area contributed by atoms with Crippen LogP contribution in [0.2, 0.25) is 0 Å². The molecule has 136 valence electrons. The molecule has 1 aromatic heterocycles. The summed E-state index contributed by atoms with van der Waals surface area (Å²) in [5.74, 6) is -1.96. The van der Waals surface area contributed by atoms with Crippen molar-refractivity contribution in [2.24, 2.45) is 5.92 Å². The van der Waals surface area contributed by atoms with Crippen LogP contribution in [0.15, 0.2) is 71.5 Å². The lowest BCUT2D eigenvalue weighted by Gasteiger charge is -2.16. The molecule has 0 fully saturated rings. The van der Waals surface area contributed by atoms with Gasteiger partial charge in [-0.1, -0.05) is 24.3 Å². The average Bonchev–Trinajstić information content (AvgIpc) is 3.17. The molecule has 0 radical (unpaired) electrons. The molecular formula is C20H18N4O3. The van der Waals surface area contributed by atoms with Crippen molar-refractivity contribution in [3.63, 3.8) is 0 Å². The van der Waals surface area contributed by atoms with Gasteiger partial charge in [0.05, 0.1) is 6.20 Å². The number of anilines is 2. The highest BCUT2D eigenvalue weighted by atomic mass is 16.3. The molecule has 0 bridgehead atoms. The van der Waals surface area contributed by atoms with Crippen LogP contribution in [0.1, 0.15) is 6.92 Å². The van der Waals surface area contributed by atoms with Crippen LogP contribution >= 0.6 is 0 Å². The normalized spacial score (nSPS) is 11.4. The number of oxazole rings is 1. The quantitative estimate of drug-likeness (QED) is 0.460. The third-order valence-corrected chi connectivity index (χ3v) is 3.81. The van der Waals surface area contributed by atoms with E-state index < -0.39 is 17.7 Å². The lowest BCUT2D eigenvalue weighted by molar-refractivity contribution is -0.126. The van der Waals surface area contributed by atoms with E-state index in [4.69, 9.17) is 9.83 Å². The van der Waals surface area contributed by atoms with Gasteiger partial charge in [-0.2, -0.15) is 0 Å². The van der Waals surface area contributed by atoms with E-state index in [1.807, 2.05) is 6.07 Å². The minimum absolute atomic E-state index is 0.0511. The maximum Gasteiger partial charge on any atom is 0.242 e. The standard InChI is InChI=1S/C20H18N4O3/c1-13(21)17(18(25)23-15-7-3-2-4-8-15)19(26)24-16-9-5-6-14(12-16)20-22-10-11-27-20/h2-12,17,21H,1H3,(H,23,25)(H,24,26). The highest BCUT2D eigenvalue weighted by molar-refractivity contribution is 6.24. The van der Waals surface area contributed by atoms with E-state index in [0.717, 1.165) is 0 Å². The maximum atomic E-state index is 12.6. The topological polar surface area (TPSA) is 108 Å². The minimum Gasteiger partial charge on any atom is -0.445 e. The van der Waals surface area contributed by atoms with Crippen LogP contribution in [0.5, 0.6) is 0 Å². The van der Waals surface area contributed by atoms with Crippen molar-refractivity contribution < 1.29 is 14.0 Å². The molecule has 0 aliphatic heterocycles. The highest BCUT2D eigenvalue weighted by Crippen LogP contribution is 2.21. The Morgan fingerprint density at radius 1 is 1.00 bits per heavy atom. The van der Waals surface area contributed by atoms with Crippen LogP contribution in [0, 0.1) is 11.3 Å². The molecule has 7 heteroatoms. The molecule has 3 N–H and O–H groups in total. The first-order valence-corrected chi connectivity index (χ1v) is 8.26. The average molecular weight is 362 g/mol. The van der Waals surface area contributed by atoms with Gasteiger partial charge in [0.2, 0.25) is 17.7 Å². The van der Waals surface area contributed by atoms with Crippen molar-refractivity contribution in [1.82, 2.24) is 4.98 Å². The van der Waals surface area contributed by atoms with Crippen molar-refractivity contribution in [2.75, 3.05) is 10.6 Å². The van der Waals surface area contributed by atoms with Gasteiger partial charge in [0.25, 0.3) is 0 Å². The molecule has 27 heavy (non-hydrogen) atoms. The lowest BCUT2D eigenvalue weighted by Crippen LogP contribution is -2.38. The van der Waals surface area contributed by atoms with Crippen molar-refractivity contribution in [3.8, 4) is 11.5 Å². The number of hydrogen-bond acceptors (Lipinski definition) is 5. The summed E-state index contributed by atoms with van der Waals surface area (Å²) in [6.07, 6.45) is 2.99. The molecule has 3 rings (SSSR count). The number of para-hydroxylation sites is 1. The smallest absolute Gasteiger partial charge is 0.242 e. The van der Waals surface area contributed by atoms with Gasteiger partial charge in [-0.05, 0) is 37.3 Å². The van der Waals surface area contributed by atoms with Gasteiger partial charge in [0, 0.05) is 22.6 Å². The zero-order valence-electron chi connectivity index (χ0n) is 14.6. The summed E-state index contributed by atoms with van der Waals surface area (Å²) < 4.78 is 5.25. The summed E-state index contributed by atoms with van der Waals surface area (Å²) in [5, 5.41) is 13.2. The summed E-state index contributed by atoms with van der Waals surface area (Å²) in [5.41, 5.74) is 1.68. The number of carbonyl (C=O) groups is 2. The number of rotatable bonds is 6. The predicted octanol–water partition coefficient (Wildman–Crippen LogP) is 3.57. The zero-order chi connectivity index (χ0) is 19.2. The number of nitrogens with one attached hydrogen (secondary N) is 3. The van der Waals surface area contributed by atoms with Crippen LogP contribution < -0.4 is 10.6 Å². The van der Waals surface area contributed by atoms with Gasteiger partial charge in [0.1, 0.15) is 6.26 Å². The molecule has 3 aromatic rings. The Balaban J connectivity index is 1.75. The molecule has 0 spiro atoms. The largest absolute Gasteiger partial charge is 0.445 e. The fourth-order valence-electron chi connectivity index (χ4n) is 2.56. The van der Waals surface area contributed by atoms with E-state index in [-0.39, 0.29) is 5.71 Å². The minimum atomic E-state index is -1.24. The first-order chi connectivity index (χ1) is 13.0. The fourth-order valence-corrected chi connectivity index (χ4v) is 2.56. The van der Waals surface area contributed by atoms with E-state index in [2.05, 4.69) is 15.6 Å². The lowest BCUT2D eigenvalue weighted by atomic mass is 10.0. The van der Waals surface area contributed by atoms with Gasteiger partial charge >= 0.3 is 0 Å². The van der Waals surface area contributed by atoms with Gasteiger partial charge in [0.15, 0.2) is 5.92 Å². The number of nitrogens with zero attached hydrogens (tertiary/aromatic N) is 1. The second-order valence-corrected chi connectivity index (χ2v) is 5.88. The first kappa shape index (κ1) is 18.1. The SMILES string of the molecule is CC(=N)C(C(=O)Nc1ccccc1)C(=O)Nc1cccc(-c2ncco2)c1. The molecular weight excluding hydrogens is 344 g/mol. The summed E-state index contributed by atoms with van der Waals surface area (Å²) >= 11 is 0. The Bertz CT molecular complexity index is 952. The predicted molar refractivity (Wildman–Crippen MR) is 103 cm³/mol. The third kappa shape index (κ3) is 4.46. The van der Waals surface area contributed by atoms with E-state index >= 15 is 0 Å². The van der Waals surface area contributed by atoms with Crippen molar-refractivity contribution in [3.05, 3.63) is 67.1 Å². The van der Waals surface area contributed by atoms with Crippen LogP contribution in [0.3, 0.4) is 0 Å². The second kappa shape index (κ2) is 8.09. The molecule has 0 saturated carbocycles. The van der Waals surface area contributed by atoms with Crippen LogP contribution in [-0.4, -0.2) is 22.5 Å². The van der Waals surface area contributed by atoms with Crippen LogP contribution in [0.25, 0.3) is 11.5 Å². The van der Waals surface area contributed by atoms with Crippen LogP contribution in [0.4, 0.5) is 11.4 Å². The Morgan fingerprint density at radius 3 is 2.30 bits per heavy atom. The van der Waals surface area contributed by atoms with Crippen molar-refractivity contribution in [2.45, 2.75) is 6.92 Å². The Hall–Kier alpha value is -3.74. The van der Waals surface area contributed by atoms with Crippen LogP contribution in [-0.2, 0) is 9.59 Å².